The van der Waals surface area contributed by atoms with E-state index in [-0.39, 0.29) is 0 Å². The maximum absolute atomic E-state index is 5.97. The van der Waals surface area contributed by atoms with Gasteiger partial charge < -0.3 is 10.6 Å². The zero-order valence-corrected chi connectivity index (χ0v) is 13.8. The van der Waals surface area contributed by atoms with Gasteiger partial charge in [-0.2, -0.15) is 0 Å². The third kappa shape index (κ3) is 5.36. The van der Waals surface area contributed by atoms with Gasteiger partial charge >= 0.3 is 0 Å². The van der Waals surface area contributed by atoms with E-state index in [0.717, 1.165) is 34.5 Å². The molecule has 6 heteroatoms. The molecule has 0 fully saturated rings. The minimum atomic E-state index is 0.691. The molecule has 2 rings (SSSR count). The number of thiazole rings is 1. The average Bonchev–Trinajstić information content (AvgIpc) is 2.88. The molecule has 0 bridgehead atoms. The standard InChI is InChI=1S/C15H19ClN4S/c1-11-9-19-14(21-11)6-7-18-15(17-2)20-10-12-4-3-5-13(16)8-12/h3-5,8-9H,6-7,10H2,1-2H3,(H2,17,18,20). The summed E-state index contributed by atoms with van der Waals surface area (Å²) in [4.78, 5) is 9.80. The normalized spacial score (nSPS) is 11.5. The van der Waals surface area contributed by atoms with Crippen molar-refractivity contribution in [1.29, 1.82) is 0 Å². The first-order valence-electron chi connectivity index (χ1n) is 6.77. The molecule has 4 nitrogen and oxygen atoms in total. The molecule has 0 aliphatic heterocycles. The van der Waals surface area contributed by atoms with Crippen LogP contribution in [0.5, 0.6) is 0 Å². The minimum absolute atomic E-state index is 0.691. The van der Waals surface area contributed by atoms with Gasteiger partial charge in [0.1, 0.15) is 0 Å². The van der Waals surface area contributed by atoms with E-state index in [4.69, 9.17) is 11.6 Å². The third-order valence-corrected chi connectivity index (χ3v) is 4.08. The number of hydrogen-bond donors (Lipinski definition) is 2. The Morgan fingerprint density at radius 3 is 2.90 bits per heavy atom. The molecule has 2 N–H and O–H groups in total. The monoisotopic (exact) mass is 322 g/mol. The molecule has 1 aromatic carbocycles. The van der Waals surface area contributed by atoms with Gasteiger partial charge in [-0.15, -0.1) is 11.3 Å². The first-order chi connectivity index (χ1) is 10.2. The van der Waals surface area contributed by atoms with Crippen LogP contribution in [0.15, 0.2) is 35.5 Å². The van der Waals surface area contributed by atoms with Crippen LogP contribution in [0.2, 0.25) is 5.02 Å². The van der Waals surface area contributed by atoms with Gasteiger partial charge in [-0.05, 0) is 24.6 Å². The van der Waals surface area contributed by atoms with Crippen LogP contribution in [0.4, 0.5) is 0 Å². The van der Waals surface area contributed by atoms with E-state index in [1.165, 1.54) is 4.88 Å². The highest BCUT2D eigenvalue weighted by Gasteiger charge is 2.01. The third-order valence-electron chi connectivity index (χ3n) is 2.87. The van der Waals surface area contributed by atoms with Crippen LogP contribution in [0.3, 0.4) is 0 Å². The van der Waals surface area contributed by atoms with Gasteiger partial charge in [0, 0.05) is 42.7 Å². The van der Waals surface area contributed by atoms with Crippen molar-refractivity contribution in [2.24, 2.45) is 4.99 Å². The van der Waals surface area contributed by atoms with Crippen molar-refractivity contribution >= 4 is 28.9 Å². The van der Waals surface area contributed by atoms with E-state index >= 15 is 0 Å². The highest BCUT2D eigenvalue weighted by molar-refractivity contribution is 7.11. The Labute approximate surface area is 134 Å². The molecule has 1 aromatic heterocycles. The lowest BCUT2D eigenvalue weighted by Gasteiger charge is -2.11. The van der Waals surface area contributed by atoms with Crippen molar-refractivity contribution in [1.82, 2.24) is 15.6 Å². The molecule has 0 aliphatic carbocycles. The quantitative estimate of drug-likeness (QED) is 0.657. The van der Waals surface area contributed by atoms with Crippen LogP contribution in [-0.4, -0.2) is 24.5 Å². The SMILES string of the molecule is CN=C(NCCc1ncc(C)s1)NCc1cccc(Cl)c1. The fourth-order valence-corrected chi connectivity index (χ4v) is 2.86. The number of nitrogens with one attached hydrogen (secondary N) is 2. The zero-order valence-electron chi connectivity index (χ0n) is 12.2. The van der Waals surface area contributed by atoms with E-state index in [1.807, 2.05) is 30.5 Å². The summed E-state index contributed by atoms with van der Waals surface area (Å²) in [5.41, 5.74) is 1.13. The molecule has 0 atom stereocenters. The minimum Gasteiger partial charge on any atom is -0.356 e. The second-order valence-corrected chi connectivity index (χ2v) is 6.35. The lowest BCUT2D eigenvalue weighted by Crippen LogP contribution is -2.37. The van der Waals surface area contributed by atoms with Crippen LogP contribution >= 0.6 is 22.9 Å². The Kier molecular flexibility index (Phi) is 6.02. The van der Waals surface area contributed by atoms with Crippen LogP contribution < -0.4 is 10.6 Å². The maximum Gasteiger partial charge on any atom is 0.191 e. The van der Waals surface area contributed by atoms with Gasteiger partial charge in [-0.1, -0.05) is 23.7 Å². The van der Waals surface area contributed by atoms with Crippen LogP contribution in [0, 0.1) is 6.92 Å². The Balaban J connectivity index is 1.76. The fourth-order valence-electron chi connectivity index (χ4n) is 1.86. The molecule has 0 spiro atoms. The van der Waals surface area contributed by atoms with Crippen LogP contribution in [-0.2, 0) is 13.0 Å². The van der Waals surface area contributed by atoms with Gasteiger partial charge in [-0.25, -0.2) is 4.98 Å². The number of halogens is 1. The molecule has 2 aromatic rings. The number of aryl methyl sites for hydroxylation is 1. The van der Waals surface area contributed by atoms with Gasteiger partial charge in [0.2, 0.25) is 0 Å². The highest BCUT2D eigenvalue weighted by Crippen LogP contribution is 2.11. The predicted molar refractivity (Wildman–Crippen MR) is 90.2 cm³/mol. The lowest BCUT2D eigenvalue weighted by atomic mass is 10.2. The molecule has 112 valence electrons. The molecule has 0 amide bonds. The number of aromatic nitrogens is 1. The van der Waals surface area contributed by atoms with Gasteiger partial charge in [-0.3, -0.25) is 4.99 Å². The van der Waals surface area contributed by atoms with E-state index in [9.17, 15) is 0 Å². The van der Waals surface area contributed by atoms with Crippen LogP contribution in [0.25, 0.3) is 0 Å². The van der Waals surface area contributed by atoms with Crippen molar-refractivity contribution in [3.63, 3.8) is 0 Å². The fraction of sp³-hybridized carbons (Fsp3) is 0.333. The van der Waals surface area contributed by atoms with Crippen molar-refractivity contribution in [2.75, 3.05) is 13.6 Å². The Hall–Kier alpha value is -1.59. The number of guanidine groups is 1. The van der Waals surface area contributed by atoms with Crippen molar-refractivity contribution < 1.29 is 0 Å². The molecule has 0 aliphatic rings. The van der Waals surface area contributed by atoms with Gasteiger partial charge in [0.25, 0.3) is 0 Å². The first kappa shape index (κ1) is 15.8. The van der Waals surface area contributed by atoms with Crippen LogP contribution in [0.1, 0.15) is 15.4 Å². The lowest BCUT2D eigenvalue weighted by molar-refractivity contribution is 0.792. The summed E-state index contributed by atoms with van der Waals surface area (Å²) in [6.45, 7) is 3.57. The summed E-state index contributed by atoms with van der Waals surface area (Å²) >= 11 is 7.70. The largest absolute Gasteiger partial charge is 0.356 e. The number of hydrogen-bond acceptors (Lipinski definition) is 3. The Bertz CT molecular complexity index is 609. The summed E-state index contributed by atoms with van der Waals surface area (Å²) in [6.07, 6.45) is 2.81. The maximum atomic E-state index is 5.97. The number of benzene rings is 1. The van der Waals surface area contributed by atoms with Crippen molar-refractivity contribution in [3.8, 4) is 0 Å². The molecule has 0 saturated carbocycles. The highest BCUT2D eigenvalue weighted by atomic mass is 35.5. The van der Waals surface area contributed by atoms with E-state index in [1.54, 1.807) is 18.4 Å². The molecule has 0 unspecified atom stereocenters. The van der Waals surface area contributed by atoms with Gasteiger partial charge in [0.15, 0.2) is 5.96 Å². The van der Waals surface area contributed by atoms with Gasteiger partial charge in [0.05, 0.1) is 5.01 Å². The molecule has 1 heterocycles. The second-order valence-electron chi connectivity index (χ2n) is 4.60. The molecule has 0 radical (unpaired) electrons. The van der Waals surface area contributed by atoms with E-state index in [2.05, 4.69) is 27.5 Å². The number of nitrogens with zero attached hydrogens (tertiary/aromatic N) is 2. The summed E-state index contributed by atoms with van der Waals surface area (Å²) in [5, 5.41) is 8.44. The second kappa shape index (κ2) is 8.00. The average molecular weight is 323 g/mol. The predicted octanol–water partition coefficient (Wildman–Crippen LogP) is 3.01. The zero-order chi connectivity index (χ0) is 15.1. The topological polar surface area (TPSA) is 49.3 Å². The number of aliphatic imine (C=N–C) groups is 1. The molecule has 21 heavy (non-hydrogen) atoms. The molecular formula is C15H19ClN4S. The van der Waals surface area contributed by atoms with Crippen molar-refractivity contribution in [3.05, 3.63) is 50.9 Å². The Morgan fingerprint density at radius 2 is 2.24 bits per heavy atom. The summed E-state index contributed by atoms with van der Waals surface area (Å²) in [6, 6.07) is 7.79. The molecular weight excluding hydrogens is 304 g/mol. The number of rotatable bonds is 5. The summed E-state index contributed by atoms with van der Waals surface area (Å²) in [5.74, 6) is 0.781. The van der Waals surface area contributed by atoms with E-state index in [0.29, 0.717) is 6.54 Å². The summed E-state index contributed by atoms with van der Waals surface area (Å²) in [7, 11) is 1.76. The van der Waals surface area contributed by atoms with Crippen molar-refractivity contribution in [2.45, 2.75) is 19.9 Å². The summed E-state index contributed by atoms with van der Waals surface area (Å²) < 4.78 is 0. The smallest absolute Gasteiger partial charge is 0.191 e. The molecule has 0 saturated heterocycles. The van der Waals surface area contributed by atoms with E-state index < -0.39 is 0 Å². The first-order valence-corrected chi connectivity index (χ1v) is 7.97. The Morgan fingerprint density at radius 1 is 1.38 bits per heavy atom.